The minimum atomic E-state index is -0.307. The maximum atomic E-state index is 13.3. The maximum Gasteiger partial charge on any atom is 0.233 e. The number of para-hydroxylation sites is 1. The number of nitrogens with two attached hydrogens (primary N) is 1. The number of rotatable bonds is 4. The molecule has 1 aliphatic heterocycles. The molecule has 0 spiro atoms. The van der Waals surface area contributed by atoms with E-state index in [-0.39, 0.29) is 11.3 Å². The molecule has 1 aliphatic carbocycles. The number of benzene rings is 2. The minimum absolute atomic E-state index is 0.274. The Morgan fingerprint density at radius 3 is 2.40 bits per heavy atom. The van der Waals surface area contributed by atoms with Crippen LogP contribution in [-0.2, 0) is 16.8 Å². The number of hydrogen-bond acceptors (Lipinski definition) is 5. The second-order valence-corrected chi connectivity index (χ2v) is 9.12. The third-order valence-corrected chi connectivity index (χ3v) is 6.79. The lowest BCUT2D eigenvalue weighted by molar-refractivity contribution is -0.135. The quantitative estimate of drug-likeness (QED) is 0.639. The zero-order chi connectivity index (χ0) is 20.7. The van der Waals surface area contributed by atoms with Crippen LogP contribution in [-0.4, -0.2) is 51.9 Å². The first kappa shape index (κ1) is 19.5. The van der Waals surface area contributed by atoms with Crippen molar-refractivity contribution in [2.24, 2.45) is 0 Å². The molecule has 3 aromatic rings. The van der Waals surface area contributed by atoms with Gasteiger partial charge < -0.3 is 10.6 Å². The van der Waals surface area contributed by atoms with Crippen molar-refractivity contribution in [2.75, 3.05) is 31.9 Å². The summed E-state index contributed by atoms with van der Waals surface area (Å²) >= 11 is 3.48. The molecule has 30 heavy (non-hydrogen) atoms. The molecule has 2 aromatic carbocycles. The molecule has 6 nitrogen and oxygen atoms in total. The van der Waals surface area contributed by atoms with Gasteiger partial charge in [0.05, 0.1) is 17.5 Å². The monoisotopic (exact) mass is 465 g/mol. The van der Waals surface area contributed by atoms with Crippen LogP contribution < -0.4 is 5.73 Å². The molecule has 2 fully saturated rings. The van der Waals surface area contributed by atoms with Gasteiger partial charge in [0.2, 0.25) is 5.91 Å². The predicted octanol–water partition coefficient (Wildman–Crippen LogP) is 3.35. The van der Waals surface area contributed by atoms with Gasteiger partial charge in [0.25, 0.3) is 0 Å². The van der Waals surface area contributed by atoms with Crippen LogP contribution in [0.5, 0.6) is 0 Å². The second kappa shape index (κ2) is 7.63. The van der Waals surface area contributed by atoms with Gasteiger partial charge in [0.1, 0.15) is 11.6 Å². The Labute approximate surface area is 184 Å². The molecule has 1 saturated heterocycles. The van der Waals surface area contributed by atoms with Crippen LogP contribution in [0.3, 0.4) is 0 Å². The first-order valence-corrected chi connectivity index (χ1v) is 11.1. The minimum Gasteiger partial charge on any atom is -0.383 e. The summed E-state index contributed by atoms with van der Waals surface area (Å²) < 4.78 is 1.04. The van der Waals surface area contributed by atoms with E-state index < -0.39 is 0 Å². The van der Waals surface area contributed by atoms with E-state index in [4.69, 9.17) is 5.73 Å². The van der Waals surface area contributed by atoms with E-state index in [1.165, 1.54) is 0 Å². The first-order valence-electron chi connectivity index (χ1n) is 10.3. The molecule has 0 radical (unpaired) electrons. The molecule has 5 rings (SSSR count). The average Bonchev–Trinajstić information content (AvgIpc) is 3.56. The molecule has 0 atom stereocenters. The molecule has 1 saturated carbocycles. The fourth-order valence-corrected chi connectivity index (χ4v) is 4.62. The third-order valence-electron chi connectivity index (χ3n) is 6.26. The predicted molar refractivity (Wildman–Crippen MR) is 121 cm³/mol. The van der Waals surface area contributed by atoms with Gasteiger partial charge in [-0.25, -0.2) is 9.97 Å². The van der Waals surface area contributed by atoms with E-state index in [2.05, 4.69) is 42.9 Å². The lowest BCUT2D eigenvalue weighted by Gasteiger charge is -2.36. The maximum absolute atomic E-state index is 13.3. The fraction of sp³-hybridized carbons (Fsp3) is 0.348. The summed E-state index contributed by atoms with van der Waals surface area (Å²) in [4.78, 5) is 26.8. The van der Waals surface area contributed by atoms with Gasteiger partial charge in [-0.05, 0) is 42.7 Å². The summed E-state index contributed by atoms with van der Waals surface area (Å²) in [6, 6.07) is 16.0. The highest BCUT2D eigenvalue weighted by Gasteiger charge is 2.53. The molecule has 2 heterocycles. The summed E-state index contributed by atoms with van der Waals surface area (Å²) in [6.45, 7) is 3.76. The van der Waals surface area contributed by atoms with Crippen molar-refractivity contribution in [1.29, 1.82) is 0 Å². The molecular weight excluding hydrogens is 442 g/mol. The van der Waals surface area contributed by atoms with E-state index in [0.29, 0.717) is 12.4 Å². The van der Waals surface area contributed by atoms with Gasteiger partial charge in [0, 0.05) is 36.0 Å². The average molecular weight is 466 g/mol. The van der Waals surface area contributed by atoms with E-state index >= 15 is 0 Å². The lowest BCUT2D eigenvalue weighted by atomic mass is 9.94. The van der Waals surface area contributed by atoms with Crippen molar-refractivity contribution in [1.82, 2.24) is 19.8 Å². The van der Waals surface area contributed by atoms with Crippen LogP contribution in [0.15, 0.2) is 53.0 Å². The van der Waals surface area contributed by atoms with Gasteiger partial charge in [-0.15, -0.1) is 0 Å². The highest BCUT2D eigenvalue weighted by Crippen LogP contribution is 2.49. The molecule has 2 aliphatic rings. The number of halogens is 1. The van der Waals surface area contributed by atoms with Gasteiger partial charge in [-0.2, -0.15) is 0 Å². The summed E-state index contributed by atoms with van der Waals surface area (Å²) in [6.07, 6.45) is 1.88. The number of amides is 1. The molecule has 0 unspecified atom stereocenters. The van der Waals surface area contributed by atoms with Crippen LogP contribution >= 0.6 is 15.9 Å². The molecule has 1 amide bonds. The smallest absolute Gasteiger partial charge is 0.233 e. The Balaban J connectivity index is 1.23. The normalized spacial score (nSPS) is 18.5. The van der Waals surface area contributed by atoms with Crippen LogP contribution in [0.1, 0.15) is 24.2 Å². The second-order valence-electron chi connectivity index (χ2n) is 8.20. The Morgan fingerprint density at radius 1 is 1.00 bits per heavy atom. The van der Waals surface area contributed by atoms with Gasteiger partial charge >= 0.3 is 0 Å². The molecular formula is C23H24BrN5O. The Kier molecular flexibility index (Phi) is 4.95. The van der Waals surface area contributed by atoms with Gasteiger partial charge in [-0.1, -0.05) is 40.2 Å². The van der Waals surface area contributed by atoms with Crippen LogP contribution in [0.25, 0.3) is 10.9 Å². The van der Waals surface area contributed by atoms with E-state index in [0.717, 1.165) is 65.8 Å². The number of nitrogen functional groups attached to an aromatic ring is 1. The summed E-state index contributed by atoms with van der Waals surface area (Å²) in [5.74, 6) is 1.53. The lowest BCUT2D eigenvalue weighted by Crippen LogP contribution is -2.51. The first-order chi connectivity index (χ1) is 14.5. The molecule has 154 valence electrons. The number of nitrogens with zero attached hydrogens (tertiary/aromatic N) is 4. The fourth-order valence-electron chi connectivity index (χ4n) is 4.35. The van der Waals surface area contributed by atoms with Crippen LogP contribution in [0.2, 0.25) is 0 Å². The van der Waals surface area contributed by atoms with E-state index in [1.807, 2.05) is 41.3 Å². The SMILES string of the molecule is Nc1nc(CN2CCN(C(=O)C3(c4ccc(Br)cc4)CC3)CC2)nc2ccccc12. The van der Waals surface area contributed by atoms with Gasteiger partial charge in [-0.3, -0.25) is 9.69 Å². The molecule has 1 aromatic heterocycles. The van der Waals surface area contributed by atoms with Crippen molar-refractivity contribution >= 4 is 38.6 Å². The summed E-state index contributed by atoms with van der Waals surface area (Å²) in [5.41, 5.74) is 7.82. The number of carbonyl (C=O) groups is 1. The zero-order valence-corrected chi connectivity index (χ0v) is 18.3. The molecule has 2 N–H and O–H groups in total. The van der Waals surface area contributed by atoms with Crippen LogP contribution in [0.4, 0.5) is 5.82 Å². The van der Waals surface area contributed by atoms with Crippen molar-refractivity contribution in [2.45, 2.75) is 24.8 Å². The molecule has 7 heteroatoms. The summed E-state index contributed by atoms with van der Waals surface area (Å²) in [7, 11) is 0. The standard InChI is InChI=1S/C23H24BrN5O/c24-17-7-5-16(6-8-17)23(9-10-23)22(30)29-13-11-28(12-14-29)15-20-26-19-4-2-1-3-18(19)21(25)27-20/h1-8H,9-15H2,(H2,25,26,27). The Morgan fingerprint density at radius 2 is 1.70 bits per heavy atom. The third kappa shape index (κ3) is 3.56. The number of piperazine rings is 1. The number of aromatic nitrogens is 2. The van der Waals surface area contributed by atoms with Crippen molar-refractivity contribution in [3.8, 4) is 0 Å². The topological polar surface area (TPSA) is 75.3 Å². The number of anilines is 1. The number of hydrogen-bond donors (Lipinski definition) is 1. The largest absolute Gasteiger partial charge is 0.383 e. The van der Waals surface area contributed by atoms with Crippen molar-refractivity contribution < 1.29 is 4.79 Å². The number of fused-ring (bicyclic) bond motifs is 1. The molecule has 0 bridgehead atoms. The highest BCUT2D eigenvalue weighted by atomic mass is 79.9. The van der Waals surface area contributed by atoms with E-state index in [1.54, 1.807) is 0 Å². The van der Waals surface area contributed by atoms with Gasteiger partial charge in [0.15, 0.2) is 0 Å². The van der Waals surface area contributed by atoms with Crippen molar-refractivity contribution in [3.63, 3.8) is 0 Å². The van der Waals surface area contributed by atoms with Crippen molar-refractivity contribution in [3.05, 3.63) is 64.4 Å². The van der Waals surface area contributed by atoms with Crippen LogP contribution in [0, 0.1) is 0 Å². The Bertz CT molecular complexity index is 1090. The highest BCUT2D eigenvalue weighted by molar-refractivity contribution is 9.10. The van der Waals surface area contributed by atoms with E-state index in [9.17, 15) is 4.79 Å². The number of carbonyl (C=O) groups excluding carboxylic acids is 1. The Hall–Kier alpha value is -2.51. The summed E-state index contributed by atoms with van der Waals surface area (Å²) in [5, 5.41) is 0.888. The zero-order valence-electron chi connectivity index (χ0n) is 16.7.